The molecule has 0 atom stereocenters. The van der Waals surface area contributed by atoms with Gasteiger partial charge in [0.05, 0.1) is 9.82 Å². The van der Waals surface area contributed by atoms with Crippen molar-refractivity contribution in [1.82, 2.24) is 5.32 Å². The summed E-state index contributed by atoms with van der Waals surface area (Å²) in [5, 5.41) is 23.7. The Balaban J connectivity index is 1.63. The van der Waals surface area contributed by atoms with Crippen LogP contribution >= 0.6 is 0 Å². The number of aromatic hydroxyl groups is 1. The van der Waals surface area contributed by atoms with Crippen LogP contribution in [-0.2, 0) is 19.6 Å². The van der Waals surface area contributed by atoms with Crippen LogP contribution in [0, 0.1) is 10.1 Å². The van der Waals surface area contributed by atoms with Gasteiger partial charge in [0.1, 0.15) is 11.3 Å². The van der Waals surface area contributed by atoms with Crippen LogP contribution in [0.4, 0.5) is 11.4 Å². The van der Waals surface area contributed by atoms with Crippen LogP contribution in [0.1, 0.15) is 55.3 Å². The van der Waals surface area contributed by atoms with E-state index >= 15 is 0 Å². The van der Waals surface area contributed by atoms with Crippen LogP contribution in [0.5, 0.6) is 5.75 Å². The second-order valence-electron chi connectivity index (χ2n) is 8.27. The average Bonchev–Trinajstić information content (AvgIpc) is 2.79. The highest BCUT2D eigenvalue weighted by molar-refractivity contribution is 7.92. The molecule has 0 radical (unpaired) electrons. The first-order valence-electron chi connectivity index (χ1n) is 11.2. The van der Waals surface area contributed by atoms with E-state index in [0.717, 1.165) is 68.9 Å². The molecule has 35 heavy (non-hydrogen) atoms. The van der Waals surface area contributed by atoms with Crippen molar-refractivity contribution in [3.05, 3.63) is 58.1 Å². The lowest BCUT2D eigenvalue weighted by atomic mass is 9.97. The van der Waals surface area contributed by atoms with Gasteiger partial charge in [-0.1, -0.05) is 32.1 Å². The summed E-state index contributed by atoms with van der Waals surface area (Å²) in [6.45, 7) is -0.563. The third-order valence-corrected chi connectivity index (χ3v) is 7.01. The molecule has 2 aromatic rings. The number of rotatable bonds is 8. The molecule has 0 aliphatic heterocycles. The summed E-state index contributed by atoms with van der Waals surface area (Å²) in [6.07, 6.45) is 7.21. The number of anilines is 1. The first-order valence-corrected chi connectivity index (χ1v) is 12.7. The minimum absolute atomic E-state index is 0.0221. The van der Waals surface area contributed by atoms with Gasteiger partial charge in [-0.15, -0.1) is 0 Å². The van der Waals surface area contributed by atoms with E-state index in [1.807, 2.05) is 0 Å². The number of carbonyl (C=O) groups excluding carboxylic acids is 2. The lowest BCUT2D eigenvalue weighted by Crippen LogP contribution is -2.38. The van der Waals surface area contributed by atoms with E-state index in [-0.39, 0.29) is 22.3 Å². The number of sulfonamides is 1. The van der Waals surface area contributed by atoms with Crippen molar-refractivity contribution in [1.29, 1.82) is 0 Å². The number of ether oxygens (including phenoxy) is 1. The molecule has 12 heteroatoms. The highest BCUT2D eigenvalue weighted by atomic mass is 32.2. The Labute approximate surface area is 202 Å². The van der Waals surface area contributed by atoms with Gasteiger partial charge in [-0.2, -0.15) is 0 Å². The number of benzene rings is 2. The van der Waals surface area contributed by atoms with Gasteiger partial charge >= 0.3 is 5.97 Å². The summed E-state index contributed by atoms with van der Waals surface area (Å²) < 4.78 is 32.7. The molecule has 3 rings (SSSR count). The van der Waals surface area contributed by atoms with Gasteiger partial charge in [0.2, 0.25) is 0 Å². The highest BCUT2D eigenvalue weighted by Crippen LogP contribution is 2.25. The fourth-order valence-corrected chi connectivity index (χ4v) is 4.87. The second-order valence-corrected chi connectivity index (χ2v) is 9.96. The van der Waals surface area contributed by atoms with E-state index in [1.54, 1.807) is 0 Å². The number of phenolic OH excluding ortho intramolecular Hbond substituents is 1. The van der Waals surface area contributed by atoms with Crippen molar-refractivity contribution in [3.8, 4) is 5.75 Å². The molecule has 1 aliphatic rings. The third kappa shape index (κ3) is 7.41. The normalized spacial score (nSPS) is 14.9. The summed E-state index contributed by atoms with van der Waals surface area (Å²) in [7, 11) is -4.19. The Morgan fingerprint density at radius 3 is 2.29 bits per heavy atom. The first-order chi connectivity index (χ1) is 16.7. The zero-order chi connectivity index (χ0) is 25.4. The summed E-state index contributed by atoms with van der Waals surface area (Å²) in [6, 6.07) is 7.78. The second kappa shape index (κ2) is 11.6. The lowest BCUT2D eigenvalue weighted by molar-refractivity contribution is -0.384. The predicted molar refractivity (Wildman–Crippen MR) is 127 cm³/mol. The molecule has 0 heterocycles. The van der Waals surface area contributed by atoms with Crippen LogP contribution in [0.3, 0.4) is 0 Å². The Bertz CT molecular complexity index is 1170. The largest absolute Gasteiger partial charge is 0.507 e. The minimum Gasteiger partial charge on any atom is -0.507 e. The summed E-state index contributed by atoms with van der Waals surface area (Å²) in [4.78, 5) is 34.5. The molecular formula is C23H27N3O8S. The number of nitro groups is 1. The van der Waals surface area contributed by atoms with Gasteiger partial charge < -0.3 is 15.2 Å². The third-order valence-electron chi connectivity index (χ3n) is 5.63. The standard InChI is InChI=1S/C23H27N3O8S/c27-21-13-12-19(35(32,33)25-17-8-10-18(11-9-17)26(30)31)14-20(21)23(29)34-15-22(28)24-16-6-4-2-1-3-5-7-16/h8-14,16,25,27H,1-7,15H2,(H,24,28). The minimum atomic E-state index is -4.19. The fourth-order valence-electron chi connectivity index (χ4n) is 3.79. The Kier molecular flexibility index (Phi) is 8.63. The first kappa shape index (κ1) is 25.9. The number of nitrogens with zero attached hydrogens (tertiary/aromatic N) is 1. The van der Waals surface area contributed by atoms with Gasteiger partial charge in [0.15, 0.2) is 6.61 Å². The number of hydrogen-bond donors (Lipinski definition) is 3. The van der Waals surface area contributed by atoms with Gasteiger partial charge in [0.25, 0.3) is 21.6 Å². The van der Waals surface area contributed by atoms with E-state index in [0.29, 0.717) is 0 Å². The van der Waals surface area contributed by atoms with Crippen molar-refractivity contribution in [2.24, 2.45) is 0 Å². The maximum Gasteiger partial charge on any atom is 0.342 e. The van der Waals surface area contributed by atoms with Crippen molar-refractivity contribution < 1.29 is 32.8 Å². The molecule has 11 nitrogen and oxygen atoms in total. The molecule has 0 unspecified atom stereocenters. The van der Waals surface area contributed by atoms with E-state index in [1.165, 1.54) is 18.6 Å². The number of nitrogens with one attached hydrogen (secondary N) is 2. The predicted octanol–water partition coefficient (Wildman–Crippen LogP) is 3.49. The number of carbonyl (C=O) groups is 2. The average molecular weight is 506 g/mol. The van der Waals surface area contributed by atoms with Crippen molar-refractivity contribution in [3.63, 3.8) is 0 Å². The molecule has 1 saturated carbocycles. The molecule has 3 N–H and O–H groups in total. The van der Waals surface area contributed by atoms with Crippen LogP contribution in [0.15, 0.2) is 47.4 Å². The molecule has 0 bridgehead atoms. The molecule has 2 aromatic carbocycles. The molecule has 0 aromatic heterocycles. The zero-order valence-corrected chi connectivity index (χ0v) is 19.8. The maximum absolute atomic E-state index is 12.7. The molecular weight excluding hydrogens is 478 g/mol. The van der Waals surface area contributed by atoms with Crippen molar-refractivity contribution in [2.75, 3.05) is 11.3 Å². The number of non-ortho nitro benzene ring substituents is 1. The fraction of sp³-hybridized carbons (Fsp3) is 0.391. The van der Waals surface area contributed by atoms with E-state index in [9.17, 15) is 33.2 Å². The number of nitro benzene ring substituents is 1. The van der Waals surface area contributed by atoms with Crippen molar-refractivity contribution in [2.45, 2.75) is 55.9 Å². The van der Waals surface area contributed by atoms with Gasteiger partial charge in [-0.3, -0.25) is 19.6 Å². The topological polar surface area (TPSA) is 165 Å². The lowest BCUT2D eigenvalue weighted by Gasteiger charge is -2.21. The molecule has 1 fully saturated rings. The maximum atomic E-state index is 12.7. The smallest absolute Gasteiger partial charge is 0.342 e. The molecule has 1 aliphatic carbocycles. The summed E-state index contributed by atoms with van der Waals surface area (Å²) in [5.41, 5.74) is -0.560. The van der Waals surface area contributed by atoms with Crippen LogP contribution in [0.2, 0.25) is 0 Å². The van der Waals surface area contributed by atoms with Crippen LogP contribution in [0.25, 0.3) is 0 Å². The zero-order valence-electron chi connectivity index (χ0n) is 18.9. The molecule has 0 saturated heterocycles. The Morgan fingerprint density at radius 1 is 1.03 bits per heavy atom. The van der Waals surface area contributed by atoms with E-state index in [4.69, 9.17) is 4.74 Å². The molecule has 1 amide bonds. The van der Waals surface area contributed by atoms with Gasteiger partial charge in [0, 0.05) is 23.9 Å². The summed E-state index contributed by atoms with van der Waals surface area (Å²) in [5.74, 6) is -2.03. The number of hydrogen-bond acceptors (Lipinski definition) is 8. The van der Waals surface area contributed by atoms with E-state index < -0.39 is 44.7 Å². The van der Waals surface area contributed by atoms with Crippen LogP contribution in [-0.4, -0.2) is 43.0 Å². The monoisotopic (exact) mass is 505 g/mol. The quantitative estimate of drug-likeness (QED) is 0.279. The summed E-state index contributed by atoms with van der Waals surface area (Å²) >= 11 is 0. The Hall–Kier alpha value is -3.67. The molecule has 188 valence electrons. The number of amides is 1. The highest BCUT2D eigenvalue weighted by Gasteiger charge is 2.22. The van der Waals surface area contributed by atoms with Gasteiger partial charge in [-0.05, 0) is 43.2 Å². The van der Waals surface area contributed by atoms with Crippen LogP contribution < -0.4 is 10.0 Å². The SMILES string of the molecule is O=C(COC(=O)c1cc(S(=O)(=O)Nc2ccc([N+](=O)[O-])cc2)ccc1O)NC1CCCCCCC1. The van der Waals surface area contributed by atoms with Crippen molar-refractivity contribution >= 4 is 33.3 Å². The number of phenols is 1. The van der Waals surface area contributed by atoms with Gasteiger partial charge in [-0.25, -0.2) is 13.2 Å². The number of esters is 1. The molecule has 0 spiro atoms. The van der Waals surface area contributed by atoms with E-state index in [2.05, 4.69) is 10.0 Å². The Morgan fingerprint density at radius 2 is 1.66 bits per heavy atom.